The molecule has 1 fully saturated rings. The number of nitrogens with zero attached hydrogens (tertiary/aromatic N) is 1. The minimum absolute atomic E-state index is 0.252. The number of nitrogens with one attached hydrogen (secondary N) is 1. The Balaban J connectivity index is 2.63. The molecule has 0 amide bonds. The molecule has 1 saturated heterocycles. The molecule has 2 nitrogen and oxygen atoms in total. The van der Waals surface area contributed by atoms with Crippen LogP contribution in [0, 0.1) is 0 Å². The van der Waals surface area contributed by atoms with E-state index in [1.165, 1.54) is 45.2 Å². The molecule has 1 atom stereocenters. The van der Waals surface area contributed by atoms with Gasteiger partial charge >= 0.3 is 0 Å². The Morgan fingerprint density at radius 3 is 2.29 bits per heavy atom. The average molecular weight is 238 g/mol. The molecular weight excluding hydrogens is 208 g/mol. The number of hydrogen-bond acceptors (Lipinski definition) is 2. The van der Waals surface area contributed by atoms with Crippen molar-refractivity contribution in [3.63, 3.8) is 0 Å². The van der Waals surface area contributed by atoms with Crippen LogP contribution in [-0.2, 0) is 0 Å². The van der Waals surface area contributed by atoms with Gasteiger partial charge in [0.2, 0.25) is 0 Å². The van der Waals surface area contributed by atoms with Crippen molar-refractivity contribution >= 4 is 0 Å². The molecule has 0 aromatic heterocycles. The van der Waals surface area contributed by atoms with Gasteiger partial charge in [0.1, 0.15) is 0 Å². The first-order valence-corrected chi connectivity index (χ1v) is 7.16. The van der Waals surface area contributed by atoms with Gasteiger partial charge in [0.15, 0.2) is 0 Å². The standard InChI is InChI=1S/C15H30N2/c1-5-6-11-14(16-4)15(2,3)17-12-9-7-8-10-13-17/h5,14,16H,1,6-13H2,2-4H3. The number of likely N-dealkylation sites (tertiary alicyclic amines) is 1. The summed E-state index contributed by atoms with van der Waals surface area (Å²) in [7, 11) is 2.09. The molecule has 0 spiro atoms. The van der Waals surface area contributed by atoms with Crippen molar-refractivity contribution in [1.29, 1.82) is 0 Å². The van der Waals surface area contributed by atoms with Gasteiger partial charge in [-0.05, 0) is 59.7 Å². The van der Waals surface area contributed by atoms with Crippen molar-refractivity contribution in [2.45, 2.75) is 64.0 Å². The molecule has 1 aliphatic heterocycles. The molecule has 17 heavy (non-hydrogen) atoms. The molecule has 1 rings (SSSR count). The van der Waals surface area contributed by atoms with E-state index in [1.54, 1.807) is 0 Å². The second-order valence-electron chi connectivity index (χ2n) is 5.76. The lowest BCUT2D eigenvalue weighted by Gasteiger charge is -2.44. The Bertz CT molecular complexity index is 215. The predicted octanol–water partition coefficient (Wildman–Crippen LogP) is 3.20. The maximum atomic E-state index is 3.84. The van der Waals surface area contributed by atoms with Crippen LogP contribution in [0.4, 0.5) is 0 Å². The molecule has 0 bridgehead atoms. The van der Waals surface area contributed by atoms with Crippen molar-refractivity contribution in [3.8, 4) is 0 Å². The Morgan fingerprint density at radius 1 is 1.24 bits per heavy atom. The van der Waals surface area contributed by atoms with Crippen LogP contribution in [0.5, 0.6) is 0 Å². The molecule has 100 valence electrons. The lowest BCUT2D eigenvalue weighted by Crippen LogP contribution is -2.57. The highest BCUT2D eigenvalue weighted by Gasteiger charge is 2.33. The highest BCUT2D eigenvalue weighted by atomic mass is 15.2. The van der Waals surface area contributed by atoms with Gasteiger partial charge in [0, 0.05) is 11.6 Å². The summed E-state index contributed by atoms with van der Waals surface area (Å²) < 4.78 is 0. The molecule has 0 aromatic rings. The molecule has 2 heteroatoms. The number of rotatable bonds is 6. The zero-order chi connectivity index (χ0) is 12.7. The van der Waals surface area contributed by atoms with E-state index in [1.807, 2.05) is 6.08 Å². The first-order chi connectivity index (χ1) is 8.12. The quantitative estimate of drug-likeness (QED) is 0.715. The van der Waals surface area contributed by atoms with E-state index in [2.05, 4.69) is 37.7 Å². The van der Waals surface area contributed by atoms with E-state index < -0.39 is 0 Å². The van der Waals surface area contributed by atoms with E-state index in [0.717, 1.165) is 6.42 Å². The van der Waals surface area contributed by atoms with Crippen LogP contribution in [-0.4, -0.2) is 36.6 Å². The fraction of sp³-hybridized carbons (Fsp3) is 0.867. The average Bonchev–Trinajstić information content (AvgIpc) is 2.58. The molecule has 1 heterocycles. The highest BCUT2D eigenvalue weighted by Crippen LogP contribution is 2.25. The van der Waals surface area contributed by atoms with Crippen LogP contribution in [0.25, 0.3) is 0 Å². The normalized spacial score (nSPS) is 20.9. The number of allylic oxidation sites excluding steroid dienone is 1. The fourth-order valence-corrected chi connectivity index (χ4v) is 3.00. The van der Waals surface area contributed by atoms with Crippen molar-refractivity contribution in [2.24, 2.45) is 0 Å². The van der Waals surface area contributed by atoms with E-state index >= 15 is 0 Å². The van der Waals surface area contributed by atoms with Crippen LogP contribution in [0.3, 0.4) is 0 Å². The smallest absolute Gasteiger partial charge is 0.0306 e. The van der Waals surface area contributed by atoms with Gasteiger partial charge in [-0.15, -0.1) is 6.58 Å². The van der Waals surface area contributed by atoms with Gasteiger partial charge in [0.25, 0.3) is 0 Å². The third kappa shape index (κ3) is 4.11. The van der Waals surface area contributed by atoms with Crippen molar-refractivity contribution in [3.05, 3.63) is 12.7 Å². The molecule has 0 aromatic carbocycles. The third-order valence-corrected chi connectivity index (χ3v) is 4.28. The first-order valence-electron chi connectivity index (χ1n) is 7.16. The minimum Gasteiger partial charge on any atom is -0.315 e. The third-order valence-electron chi connectivity index (χ3n) is 4.28. The Hall–Kier alpha value is -0.340. The summed E-state index contributed by atoms with van der Waals surface area (Å²) in [6.45, 7) is 11.1. The summed E-state index contributed by atoms with van der Waals surface area (Å²) in [6, 6.07) is 0.554. The fourth-order valence-electron chi connectivity index (χ4n) is 3.00. The van der Waals surface area contributed by atoms with Gasteiger partial charge in [-0.2, -0.15) is 0 Å². The summed E-state index contributed by atoms with van der Waals surface area (Å²) in [4.78, 5) is 2.68. The maximum Gasteiger partial charge on any atom is 0.0306 e. The largest absolute Gasteiger partial charge is 0.315 e. The van der Waals surface area contributed by atoms with Crippen molar-refractivity contribution in [2.75, 3.05) is 20.1 Å². The molecule has 1 unspecified atom stereocenters. The molecular formula is C15H30N2. The molecule has 0 radical (unpaired) electrons. The monoisotopic (exact) mass is 238 g/mol. The lowest BCUT2D eigenvalue weighted by atomic mass is 9.88. The van der Waals surface area contributed by atoms with Crippen LogP contribution < -0.4 is 5.32 Å². The molecule has 0 aliphatic carbocycles. The van der Waals surface area contributed by atoms with E-state index in [-0.39, 0.29) is 5.54 Å². The maximum absolute atomic E-state index is 3.84. The number of hydrogen-bond donors (Lipinski definition) is 1. The second-order valence-corrected chi connectivity index (χ2v) is 5.76. The topological polar surface area (TPSA) is 15.3 Å². The zero-order valence-electron chi connectivity index (χ0n) is 12.0. The number of likely N-dealkylation sites (N-methyl/N-ethyl adjacent to an activating group) is 1. The first kappa shape index (κ1) is 14.7. The van der Waals surface area contributed by atoms with Crippen LogP contribution in [0.2, 0.25) is 0 Å². The Morgan fingerprint density at radius 2 is 1.82 bits per heavy atom. The SMILES string of the molecule is C=CCCC(NC)C(C)(C)N1CCCCCC1. The summed E-state index contributed by atoms with van der Waals surface area (Å²) >= 11 is 0. The zero-order valence-corrected chi connectivity index (χ0v) is 12.0. The summed E-state index contributed by atoms with van der Waals surface area (Å²) in [5.41, 5.74) is 0.252. The highest BCUT2D eigenvalue weighted by molar-refractivity contribution is 4.94. The van der Waals surface area contributed by atoms with Gasteiger partial charge in [-0.1, -0.05) is 18.9 Å². The predicted molar refractivity (Wildman–Crippen MR) is 76.4 cm³/mol. The van der Waals surface area contributed by atoms with Gasteiger partial charge in [0.05, 0.1) is 0 Å². The summed E-state index contributed by atoms with van der Waals surface area (Å²) in [5, 5.41) is 3.51. The van der Waals surface area contributed by atoms with E-state index in [0.29, 0.717) is 6.04 Å². The van der Waals surface area contributed by atoms with Gasteiger partial charge in [-0.3, -0.25) is 4.90 Å². The molecule has 1 aliphatic rings. The van der Waals surface area contributed by atoms with Crippen LogP contribution >= 0.6 is 0 Å². The van der Waals surface area contributed by atoms with Crippen molar-refractivity contribution in [1.82, 2.24) is 10.2 Å². The minimum atomic E-state index is 0.252. The van der Waals surface area contributed by atoms with Gasteiger partial charge < -0.3 is 5.32 Å². The van der Waals surface area contributed by atoms with E-state index in [9.17, 15) is 0 Å². The molecule has 1 N–H and O–H groups in total. The lowest BCUT2D eigenvalue weighted by molar-refractivity contribution is 0.0835. The van der Waals surface area contributed by atoms with E-state index in [4.69, 9.17) is 0 Å². The van der Waals surface area contributed by atoms with Crippen LogP contribution in [0.15, 0.2) is 12.7 Å². The second kappa shape index (κ2) is 7.17. The Kier molecular flexibility index (Phi) is 6.21. The van der Waals surface area contributed by atoms with Crippen molar-refractivity contribution < 1.29 is 0 Å². The Labute approximate surface area is 107 Å². The van der Waals surface area contributed by atoms with Gasteiger partial charge in [-0.25, -0.2) is 0 Å². The summed E-state index contributed by atoms with van der Waals surface area (Å²) in [6.07, 6.45) is 9.85. The summed E-state index contributed by atoms with van der Waals surface area (Å²) in [5.74, 6) is 0. The molecule has 0 saturated carbocycles. The van der Waals surface area contributed by atoms with Crippen LogP contribution in [0.1, 0.15) is 52.4 Å².